The van der Waals surface area contributed by atoms with Crippen molar-refractivity contribution in [2.75, 3.05) is 13.1 Å². The highest BCUT2D eigenvalue weighted by atomic mass is 16.1. The maximum Gasteiger partial charge on any atom is 0.229 e. The third-order valence-corrected chi connectivity index (χ3v) is 3.70. The molecular weight excluding hydrogens is 242 g/mol. The summed E-state index contributed by atoms with van der Waals surface area (Å²) < 4.78 is 0. The molecule has 3 rings (SSSR count). The smallest absolute Gasteiger partial charge is 0.229 e. The lowest BCUT2D eigenvalue weighted by Gasteiger charge is -2.23. The summed E-state index contributed by atoms with van der Waals surface area (Å²) in [6.07, 6.45) is 3.54. The minimum absolute atomic E-state index is 0.174. The molecule has 5 heteroatoms. The van der Waals surface area contributed by atoms with Crippen molar-refractivity contribution < 1.29 is 9.59 Å². The summed E-state index contributed by atoms with van der Waals surface area (Å²) in [4.78, 5) is 35.0. The lowest BCUT2D eigenvalue weighted by Crippen LogP contribution is -2.31. The normalized spacial score (nSPS) is 18.6. The number of hydrogen-bond acceptors (Lipinski definition) is 5. The number of allylic oxidation sites excluding steroid dienone is 2. The lowest BCUT2D eigenvalue weighted by atomic mass is 10.0. The Hall–Kier alpha value is -2.04. The van der Waals surface area contributed by atoms with Crippen molar-refractivity contribution in [3.05, 3.63) is 34.5 Å². The van der Waals surface area contributed by atoms with Gasteiger partial charge in [-0.2, -0.15) is 0 Å². The van der Waals surface area contributed by atoms with Crippen LogP contribution in [-0.2, 0) is 0 Å². The maximum absolute atomic E-state index is 12.4. The van der Waals surface area contributed by atoms with E-state index < -0.39 is 0 Å². The van der Waals surface area contributed by atoms with Gasteiger partial charge in [-0.1, -0.05) is 0 Å². The summed E-state index contributed by atoms with van der Waals surface area (Å²) >= 11 is 0. The highest BCUT2D eigenvalue weighted by molar-refractivity contribution is 6.22. The van der Waals surface area contributed by atoms with Gasteiger partial charge in [0, 0.05) is 19.2 Å². The molecular formula is C14H15N3O2. The number of fused-ring (bicyclic) bond motifs is 1. The van der Waals surface area contributed by atoms with E-state index in [9.17, 15) is 9.59 Å². The second-order valence-corrected chi connectivity index (χ2v) is 5.01. The van der Waals surface area contributed by atoms with E-state index >= 15 is 0 Å². The third-order valence-electron chi connectivity index (χ3n) is 3.70. The van der Waals surface area contributed by atoms with E-state index in [1.54, 1.807) is 13.8 Å². The van der Waals surface area contributed by atoms with Gasteiger partial charge < -0.3 is 4.90 Å². The van der Waals surface area contributed by atoms with Crippen molar-refractivity contribution in [1.82, 2.24) is 14.9 Å². The van der Waals surface area contributed by atoms with Gasteiger partial charge >= 0.3 is 0 Å². The SMILES string of the molecule is Cc1nc2c(nc1C)C(=O)C(N1CCCC1)=CC2=O. The van der Waals surface area contributed by atoms with Gasteiger partial charge in [0.05, 0.1) is 17.1 Å². The van der Waals surface area contributed by atoms with Crippen LogP contribution in [-0.4, -0.2) is 39.5 Å². The molecule has 0 unspecified atom stereocenters. The van der Waals surface area contributed by atoms with Gasteiger partial charge in [-0.05, 0) is 26.7 Å². The monoisotopic (exact) mass is 257 g/mol. The standard InChI is InChI=1S/C14H15N3O2/c1-8-9(2)16-13-12(15-8)11(18)7-10(14(13)19)17-5-3-4-6-17/h7H,3-6H2,1-2H3. The number of carbonyl (C=O) groups is 2. The first-order chi connectivity index (χ1) is 9.08. The number of hydrogen-bond donors (Lipinski definition) is 0. The Bertz CT molecular complexity index is 613. The highest BCUT2D eigenvalue weighted by Gasteiger charge is 2.32. The van der Waals surface area contributed by atoms with Crippen molar-refractivity contribution in [1.29, 1.82) is 0 Å². The molecule has 0 radical (unpaired) electrons. The van der Waals surface area contributed by atoms with Crippen LogP contribution in [0.1, 0.15) is 45.2 Å². The van der Waals surface area contributed by atoms with Gasteiger partial charge in [-0.25, -0.2) is 9.97 Å². The van der Waals surface area contributed by atoms with Crippen LogP contribution in [0.25, 0.3) is 0 Å². The molecule has 5 nitrogen and oxygen atoms in total. The molecule has 0 aromatic carbocycles. The van der Waals surface area contributed by atoms with E-state index in [0.717, 1.165) is 25.9 Å². The molecule has 2 aliphatic rings. The maximum atomic E-state index is 12.4. The first-order valence-corrected chi connectivity index (χ1v) is 6.49. The topological polar surface area (TPSA) is 63.2 Å². The first kappa shape index (κ1) is 12.0. The zero-order chi connectivity index (χ0) is 13.6. The minimum Gasteiger partial charge on any atom is -0.368 e. The third kappa shape index (κ3) is 1.85. The Morgan fingerprint density at radius 3 is 2.21 bits per heavy atom. The predicted octanol–water partition coefficient (Wildman–Crippen LogP) is 1.45. The van der Waals surface area contributed by atoms with Gasteiger partial charge in [0.25, 0.3) is 0 Å². The Balaban J connectivity index is 2.08. The molecule has 0 N–H and O–H groups in total. The number of rotatable bonds is 1. The Morgan fingerprint density at radius 2 is 1.58 bits per heavy atom. The van der Waals surface area contributed by atoms with E-state index in [-0.39, 0.29) is 23.0 Å². The first-order valence-electron chi connectivity index (χ1n) is 6.49. The van der Waals surface area contributed by atoms with Crippen molar-refractivity contribution in [3.63, 3.8) is 0 Å². The molecule has 1 aromatic heterocycles. The number of Topliss-reactive ketones (excluding diaryl/α,β-unsaturated/α-hetero) is 1. The summed E-state index contributed by atoms with van der Waals surface area (Å²) in [6, 6.07) is 0. The van der Waals surface area contributed by atoms with E-state index in [2.05, 4.69) is 9.97 Å². The molecule has 0 bridgehead atoms. The highest BCUT2D eigenvalue weighted by Crippen LogP contribution is 2.24. The molecule has 0 spiro atoms. The molecule has 19 heavy (non-hydrogen) atoms. The number of aryl methyl sites for hydroxylation is 2. The summed E-state index contributed by atoms with van der Waals surface area (Å²) in [5, 5.41) is 0. The number of ketones is 2. The summed E-state index contributed by atoms with van der Waals surface area (Å²) in [7, 11) is 0. The molecule has 0 saturated carbocycles. The van der Waals surface area contributed by atoms with E-state index in [0.29, 0.717) is 17.1 Å². The molecule has 1 aromatic rings. The number of carbonyl (C=O) groups excluding carboxylic acids is 2. The Labute approximate surface area is 111 Å². The molecule has 98 valence electrons. The summed E-state index contributed by atoms with van der Waals surface area (Å²) in [5.41, 5.74) is 2.27. The second kappa shape index (κ2) is 4.26. The van der Waals surface area contributed by atoms with Crippen LogP contribution in [0.5, 0.6) is 0 Å². The van der Waals surface area contributed by atoms with Gasteiger partial charge in [0.2, 0.25) is 11.6 Å². The number of likely N-dealkylation sites (tertiary alicyclic amines) is 1. The van der Waals surface area contributed by atoms with E-state index in [4.69, 9.17) is 0 Å². The average molecular weight is 257 g/mol. The van der Waals surface area contributed by atoms with Crippen LogP contribution in [0.2, 0.25) is 0 Å². The van der Waals surface area contributed by atoms with Crippen LogP contribution in [0.4, 0.5) is 0 Å². The Kier molecular flexibility index (Phi) is 2.69. The number of aromatic nitrogens is 2. The molecule has 1 aliphatic heterocycles. The van der Waals surface area contributed by atoms with Crippen LogP contribution in [0.3, 0.4) is 0 Å². The zero-order valence-corrected chi connectivity index (χ0v) is 11.1. The van der Waals surface area contributed by atoms with Gasteiger partial charge in [-0.15, -0.1) is 0 Å². The molecule has 0 atom stereocenters. The average Bonchev–Trinajstić information content (AvgIpc) is 2.90. The molecule has 0 amide bonds. The molecule has 1 aliphatic carbocycles. The fourth-order valence-electron chi connectivity index (χ4n) is 2.51. The van der Waals surface area contributed by atoms with Gasteiger partial charge in [0.15, 0.2) is 0 Å². The van der Waals surface area contributed by atoms with Crippen LogP contribution in [0.15, 0.2) is 11.8 Å². The van der Waals surface area contributed by atoms with Crippen molar-refractivity contribution in [3.8, 4) is 0 Å². The summed E-state index contributed by atoms with van der Waals surface area (Å²) in [5.74, 6) is -0.390. The van der Waals surface area contributed by atoms with Gasteiger partial charge in [-0.3, -0.25) is 9.59 Å². The van der Waals surface area contributed by atoms with Crippen molar-refractivity contribution in [2.24, 2.45) is 0 Å². The predicted molar refractivity (Wildman–Crippen MR) is 69.1 cm³/mol. The van der Waals surface area contributed by atoms with Crippen molar-refractivity contribution >= 4 is 11.6 Å². The van der Waals surface area contributed by atoms with E-state index in [1.807, 2.05) is 4.90 Å². The van der Waals surface area contributed by atoms with E-state index in [1.165, 1.54) is 6.08 Å². The molecule has 1 saturated heterocycles. The fourth-order valence-corrected chi connectivity index (χ4v) is 2.51. The molecule has 1 fully saturated rings. The largest absolute Gasteiger partial charge is 0.368 e. The lowest BCUT2D eigenvalue weighted by molar-refractivity contribution is 0.0949. The van der Waals surface area contributed by atoms with Crippen LogP contribution < -0.4 is 0 Å². The van der Waals surface area contributed by atoms with Gasteiger partial charge in [0.1, 0.15) is 11.4 Å². The van der Waals surface area contributed by atoms with Crippen molar-refractivity contribution in [2.45, 2.75) is 26.7 Å². The number of nitrogens with zero attached hydrogens (tertiary/aromatic N) is 3. The minimum atomic E-state index is -0.216. The fraction of sp³-hybridized carbons (Fsp3) is 0.429. The quantitative estimate of drug-likeness (QED) is 0.762. The zero-order valence-electron chi connectivity index (χ0n) is 11.1. The Morgan fingerprint density at radius 1 is 1.00 bits per heavy atom. The molecule has 2 heterocycles. The summed E-state index contributed by atoms with van der Waals surface area (Å²) in [6.45, 7) is 5.26. The second-order valence-electron chi connectivity index (χ2n) is 5.01. The van der Waals surface area contributed by atoms with Crippen LogP contribution >= 0.6 is 0 Å². The van der Waals surface area contributed by atoms with Crippen LogP contribution in [0, 0.1) is 13.8 Å².